The molecule has 0 radical (unpaired) electrons. The molecule has 2 aromatic rings. The highest BCUT2D eigenvalue weighted by atomic mass is 16.2. The third kappa shape index (κ3) is 3.69. The van der Waals surface area contributed by atoms with Gasteiger partial charge in [-0.25, -0.2) is 0 Å². The zero-order valence-corrected chi connectivity index (χ0v) is 16.7. The molecule has 0 unspecified atom stereocenters. The Bertz CT molecular complexity index is 881. The van der Waals surface area contributed by atoms with Gasteiger partial charge < -0.3 is 14.4 Å². The molecule has 1 aliphatic carbocycles. The Hall–Kier alpha value is -2.60. The fourth-order valence-electron chi connectivity index (χ4n) is 4.66. The molecule has 6 nitrogen and oxygen atoms in total. The van der Waals surface area contributed by atoms with Crippen molar-refractivity contribution in [2.75, 3.05) is 39.3 Å². The van der Waals surface area contributed by atoms with Crippen LogP contribution in [0, 0.1) is 5.92 Å². The summed E-state index contributed by atoms with van der Waals surface area (Å²) in [5, 5.41) is 0. The van der Waals surface area contributed by atoms with Crippen molar-refractivity contribution in [2.24, 2.45) is 5.92 Å². The van der Waals surface area contributed by atoms with Crippen molar-refractivity contribution in [3.05, 3.63) is 59.9 Å². The largest absolute Gasteiger partial charge is 0.348 e. The van der Waals surface area contributed by atoms with E-state index in [4.69, 9.17) is 0 Å². The number of piperazine rings is 1. The number of benzene rings is 1. The molecule has 152 valence electrons. The number of hydrogen-bond acceptors (Lipinski definition) is 3. The number of aromatic nitrogens is 1. The van der Waals surface area contributed by atoms with E-state index in [2.05, 4.69) is 52.1 Å². The van der Waals surface area contributed by atoms with E-state index < -0.39 is 0 Å². The van der Waals surface area contributed by atoms with E-state index in [9.17, 15) is 9.59 Å². The minimum atomic E-state index is 0.0987. The number of fused-ring (bicyclic) bond motifs is 1. The van der Waals surface area contributed by atoms with Crippen molar-refractivity contribution in [2.45, 2.75) is 25.4 Å². The normalized spacial score (nSPS) is 22.4. The molecular formula is C23H28N4O2. The SMILES string of the molecule is O=C(CN1CCn2cccc2[C@H]1c1ccccc1)N1CCN(C(=O)C2CC2)CC1. The lowest BCUT2D eigenvalue weighted by molar-refractivity contribution is -0.141. The minimum absolute atomic E-state index is 0.0987. The average molecular weight is 393 g/mol. The van der Waals surface area contributed by atoms with Crippen LogP contribution >= 0.6 is 0 Å². The van der Waals surface area contributed by atoms with E-state index >= 15 is 0 Å². The predicted molar refractivity (Wildman–Crippen MR) is 110 cm³/mol. The molecule has 1 aromatic carbocycles. The van der Waals surface area contributed by atoms with Crippen molar-refractivity contribution in [3.8, 4) is 0 Å². The first-order valence-corrected chi connectivity index (χ1v) is 10.7. The van der Waals surface area contributed by atoms with E-state index in [0.717, 1.165) is 25.9 Å². The molecule has 29 heavy (non-hydrogen) atoms. The van der Waals surface area contributed by atoms with Crippen LogP contribution < -0.4 is 0 Å². The van der Waals surface area contributed by atoms with Crippen LogP contribution in [0.1, 0.15) is 30.1 Å². The lowest BCUT2D eigenvalue weighted by atomic mass is 10.00. The van der Waals surface area contributed by atoms with E-state index in [1.54, 1.807) is 0 Å². The Kier molecular flexibility index (Phi) is 4.87. The summed E-state index contributed by atoms with van der Waals surface area (Å²) in [5.74, 6) is 0.718. The Morgan fingerprint density at radius 3 is 2.28 bits per heavy atom. The van der Waals surface area contributed by atoms with Crippen LogP contribution in [0.4, 0.5) is 0 Å². The highest BCUT2D eigenvalue weighted by Gasteiger charge is 2.36. The Morgan fingerprint density at radius 1 is 0.828 bits per heavy atom. The van der Waals surface area contributed by atoms with E-state index in [1.165, 1.54) is 11.3 Å². The summed E-state index contributed by atoms with van der Waals surface area (Å²) in [5.41, 5.74) is 2.47. The Labute approximate surface area is 171 Å². The van der Waals surface area contributed by atoms with Crippen LogP contribution in [0.3, 0.4) is 0 Å². The molecule has 2 aliphatic heterocycles. The van der Waals surface area contributed by atoms with Crippen LogP contribution in [-0.4, -0.2) is 70.3 Å². The lowest BCUT2D eigenvalue weighted by Gasteiger charge is -2.39. The average Bonchev–Trinajstić information content (AvgIpc) is 3.51. The molecule has 0 N–H and O–H groups in total. The number of nitrogens with zero attached hydrogens (tertiary/aromatic N) is 4. The molecule has 1 saturated carbocycles. The van der Waals surface area contributed by atoms with Gasteiger partial charge in [-0.2, -0.15) is 0 Å². The maximum Gasteiger partial charge on any atom is 0.236 e. The fraction of sp³-hybridized carbons (Fsp3) is 0.478. The molecule has 0 bridgehead atoms. The van der Waals surface area contributed by atoms with Gasteiger partial charge in [0.15, 0.2) is 0 Å². The van der Waals surface area contributed by atoms with Gasteiger partial charge in [0.2, 0.25) is 11.8 Å². The highest BCUT2D eigenvalue weighted by molar-refractivity contribution is 5.82. The Balaban J connectivity index is 1.27. The van der Waals surface area contributed by atoms with Gasteiger partial charge in [0.1, 0.15) is 0 Å². The van der Waals surface area contributed by atoms with Gasteiger partial charge in [0, 0.05) is 57.1 Å². The van der Waals surface area contributed by atoms with Gasteiger partial charge in [-0.05, 0) is 30.5 Å². The lowest BCUT2D eigenvalue weighted by Crippen LogP contribution is -2.53. The van der Waals surface area contributed by atoms with Gasteiger partial charge in [-0.15, -0.1) is 0 Å². The van der Waals surface area contributed by atoms with Crippen molar-refractivity contribution in [3.63, 3.8) is 0 Å². The van der Waals surface area contributed by atoms with Gasteiger partial charge in [0.25, 0.3) is 0 Å². The number of hydrogen-bond donors (Lipinski definition) is 0. The van der Waals surface area contributed by atoms with Gasteiger partial charge in [-0.1, -0.05) is 30.3 Å². The Morgan fingerprint density at radius 2 is 1.55 bits per heavy atom. The van der Waals surface area contributed by atoms with Crippen LogP contribution in [0.2, 0.25) is 0 Å². The summed E-state index contributed by atoms with van der Waals surface area (Å²) >= 11 is 0. The number of amides is 2. The summed E-state index contributed by atoms with van der Waals surface area (Å²) in [6.45, 7) is 4.82. The molecule has 3 heterocycles. The molecular weight excluding hydrogens is 364 g/mol. The molecule has 1 atom stereocenters. The third-order valence-corrected chi connectivity index (χ3v) is 6.46. The number of carbonyl (C=O) groups excluding carboxylic acids is 2. The predicted octanol–water partition coefficient (Wildman–Crippen LogP) is 1.97. The first kappa shape index (κ1) is 18.4. The van der Waals surface area contributed by atoms with E-state index in [0.29, 0.717) is 32.7 Å². The molecule has 6 heteroatoms. The quantitative estimate of drug-likeness (QED) is 0.799. The summed E-state index contributed by atoms with van der Waals surface area (Å²) in [4.78, 5) is 31.5. The van der Waals surface area contributed by atoms with Crippen LogP contribution in [0.5, 0.6) is 0 Å². The van der Waals surface area contributed by atoms with E-state index in [-0.39, 0.29) is 23.8 Å². The monoisotopic (exact) mass is 392 g/mol. The first-order chi connectivity index (χ1) is 14.2. The smallest absolute Gasteiger partial charge is 0.236 e. The summed E-state index contributed by atoms with van der Waals surface area (Å²) in [7, 11) is 0. The summed E-state index contributed by atoms with van der Waals surface area (Å²) < 4.78 is 2.29. The van der Waals surface area contributed by atoms with Crippen LogP contribution in [0.25, 0.3) is 0 Å². The fourth-order valence-corrected chi connectivity index (χ4v) is 4.66. The molecule has 1 aromatic heterocycles. The van der Waals surface area contributed by atoms with Crippen molar-refractivity contribution >= 4 is 11.8 Å². The van der Waals surface area contributed by atoms with Crippen LogP contribution in [0.15, 0.2) is 48.7 Å². The van der Waals surface area contributed by atoms with Crippen LogP contribution in [-0.2, 0) is 16.1 Å². The zero-order chi connectivity index (χ0) is 19.8. The summed E-state index contributed by atoms with van der Waals surface area (Å²) in [6, 6.07) is 14.8. The zero-order valence-electron chi connectivity index (χ0n) is 16.7. The second kappa shape index (κ2) is 7.67. The van der Waals surface area contributed by atoms with Gasteiger partial charge in [-0.3, -0.25) is 14.5 Å². The molecule has 3 aliphatic rings. The third-order valence-electron chi connectivity index (χ3n) is 6.46. The maximum absolute atomic E-state index is 13.1. The number of carbonyl (C=O) groups is 2. The second-order valence-electron chi connectivity index (χ2n) is 8.39. The second-order valence-corrected chi connectivity index (χ2v) is 8.39. The van der Waals surface area contributed by atoms with Gasteiger partial charge in [0.05, 0.1) is 12.6 Å². The topological polar surface area (TPSA) is 48.8 Å². The minimum Gasteiger partial charge on any atom is -0.348 e. The first-order valence-electron chi connectivity index (χ1n) is 10.7. The van der Waals surface area contributed by atoms with Crippen molar-refractivity contribution in [1.82, 2.24) is 19.3 Å². The summed E-state index contributed by atoms with van der Waals surface area (Å²) in [6.07, 6.45) is 4.20. The molecule has 2 amide bonds. The molecule has 0 spiro atoms. The standard InChI is InChI=1S/C23H28N4O2/c28-21(25-12-14-26(15-13-25)23(29)19-8-9-19)17-27-16-11-24-10-4-7-20(24)22(27)18-5-2-1-3-6-18/h1-7,10,19,22H,8-9,11-17H2/t22-/m1/s1. The molecule has 2 fully saturated rings. The van der Waals surface area contributed by atoms with Crippen molar-refractivity contribution in [1.29, 1.82) is 0 Å². The number of rotatable bonds is 4. The van der Waals surface area contributed by atoms with Gasteiger partial charge >= 0.3 is 0 Å². The van der Waals surface area contributed by atoms with E-state index in [1.807, 2.05) is 15.9 Å². The van der Waals surface area contributed by atoms with Crippen molar-refractivity contribution < 1.29 is 9.59 Å². The molecule has 5 rings (SSSR count). The highest BCUT2D eigenvalue weighted by Crippen LogP contribution is 2.33. The molecule has 1 saturated heterocycles. The maximum atomic E-state index is 13.1.